The summed E-state index contributed by atoms with van der Waals surface area (Å²) in [6.07, 6.45) is 4.93. The van der Waals surface area contributed by atoms with Gasteiger partial charge in [-0.25, -0.2) is 4.39 Å². The molecular formula is C17H19FN2O. The SMILES string of the molecule is Fc1cc(CNC2CC2)cc(OCCc2ccccn2)c1. The van der Waals surface area contributed by atoms with E-state index in [0.717, 1.165) is 11.3 Å². The second kappa shape index (κ2) is 6.68. The van der Waals surface area contributed by atoms with E-state index in [1.807, 2.05) is 24.3 Å². The van der Waals surface area contributed by atoms with E-state index in [9.17, 15) is 4.39 Å². The summed E-state index contributed by atoms with van der Waals surface area (Å²) in [5.41, 5.74) is 1.90. The number of benzene rings is 1. The molecule has 2 aromatic rings. The van der Waals surface area contributed by atoms with Crippen LogP contribution in [0.15, 0.2) is 42.6 Å². The average molecular weight is 286 g/mol. The van der Waals surface area contributed by atoms with Gasteiger partial charge < -0.3 is 10.1 Å². The van der Waals surface area contributed by atoms with Crippen LogP contribution in [0.3, 0.4) is 0 Å². The molecule has 110 valence electrons. The first-order valence-corrected chi connectivity index (χ1v) is 7.35. The molecule has 0 amide bonds. The van der Waals surface area contributed by atoms with Crippen LogP contribution in [0.1, 0.15) is 24.1 Å². The van der Waals surface area contributed by atoms with Gasteiger partial charge in [0, 0.05) is 37.0 Å². The molecule has 3 nitrogen and oxygen atoms in total. The molecule has 0 aliphatic heterocycles. The van der Waals surface area contributed by atoms with Crippen molar-refractivity contribution in [3.63, 3.8) is 0 Å². The number of nitrogens with one attached hydrogen (secondary N) is 1. The minimum absolute atomic E-state index is 0.252. The number of rotatable bonds is 7. The molecular weight excluding hydrogens is 267 g/mol. The van der Waals surface area contributed by atoms with E-state index in [4.69, 9.17) is 4.74 Å². The lowest BCUT2D eigenvalue weighted by molar-refractivity contribution is 0.318. The maximum atomic E-state index is 13.6. The smallest absolute Gasteiger partial charge is 0.127 e. The van der Waals surface area contributed by atoms with Gasteiger partial charge in [-0.15, -0.1) is 0 Å². The second-order valence-electron chi connectivity index (χ2n) is 5.37. The largest absolute Gasteiger partial charge is 0.493 e. The number of hydrogen-bond acceptors (Lipinski definition) is 3. The highest BCUT2D eigenvalue weighted by atomic mass is 19.1. The van der Waals surface area contributed by atoms with Gasteiger partial charge in [0.15, 0.2) is 0 Å². The number of nitrogens with zero attached hydrogens (tertiary/aromatic N) is 1. The fourth-order valence-corrected chi connectivity index (χ4v) is 2.18. The predicted molar refractivity (Wildman–Crippen MR) is 79.7 cm³/mol. The van der Waals surface area contributed by atoms with Crippen LogP contribution in [0.25, 0.3) is 0 Å². The molecule has 1 aliphatic rings. The maximum Gasteiger partial charge on any atom is 0.127 e. The van der Waals surface area contributed by atoms with Crippen LogP contribution in [0.5, 0.6) is 5.75 Å². The van der Waals surface area contributed by atoms with Crippen LogP contribution in [0.2, 0.25) is 0 Å². The Labute approximate surface area is 124 Å². The fraction of sp³-hybridized carbons (Fsp3) is 0.353. The summed E-state index contributed by atoms with van der Waals surface area (Å²) in [6.45, 7) is 1.19. The highest BCUT2D eigenvalue weighted by molar-refractivity contribution is 5.29. The van der Waals surface area contributed by atoms with Crippen molar-refractivity contribution in [2.45, 2.75) is 31.8 Å². The van der Waals surface area contributed by atoms with Gasteiger partial charge in [-0.2, -0.15) is 0 Å². The number of aromatic nitrogens is 1. The van der Waals surface area contributed by atoms with Crippen molar-refractivity contribution < 1.29 is 9.13 Å². The molecule has 1 aromatic heterocycles. The second-order valence-corrected chi connectivity index (χ2v) is 5.37. The molecule has 0 bridgehead atoms. The summed E-state index contributed by atoms with van der Waals surface area (Å²) < 4.78 is 19.2. The molecule has 1 saturated carbocycles. The van der Waals surface area contributed by atoms with E-state index in [-0.39, 0.29) is 5.82 Å². The highest BCUT2D eigenvalue weighted by Gasteiger charge is 2.20. The zero-order valence-corrected chi connectivity index (χ0v) is 11.9. The van der Waals surface area contributed by atoms with Crippen LogP contribution in [-0.2, 0) is 13.0 Å². The van der Waals surface area contributed by atoms with Gasteiger partial charge in [0.25, 0.3) is 0 Å². The fourth-order valence-electron chi connectivity index (χ4n) is 2.18. The zero-order valence-electron chi connectivity index (χ0n) is 11.9. The van der Waals surface area contributed by atoms with Gasteiger partial charge >= 0.3 is 0 Å². The molecule has 1 aliphatic carbocycles. The molecule has 0 unspecified atom stereocenters. The van der Waals surface area contributed by atoms with E-state index >= 15 is 0 Å². The standard InChI is InChI=1S/C17H19FN2O/c18-14-9-13(12-20-16-4-5-16)10-17(11-14)21-8-6-15-3-1-2-7-19-15/h1-3,7,9-11,16,20H,4-6,8,12H2. The van der Waals surface area contributed by atoms with Crippen molar-refractivity contribution in [3.05, 3.63) is 59.7 Å². The Morgan fingerprint density at radius 3 is 2.90 bits per heavy atom. The minimum atomic E-state index is -0.252. The van der Waals surface area contributed by atoms with Gasteiger partial charge in [0.05, 0.1) is 6.61 Å². The van der Waals surface area contributed by atoms with Crippen LogP contribution in [0.4, 0.5) is 4.39 Å². The molecule has 21 heavy (non-hydrogen) atoms. The molecule has 3 rings (SSSR count). The van der Waals surface area contributed by atoms with Crippen molar-refractivity contribution >= 4 is 0 Å². The van der Waals surface area contributed by atoms with Crippen LogP contribution in [0, 0.1) is 5.82 Å². The van der Waals surface area contributed by atoms with E-state index in [1.54, 1.807) is 12.3 Å². The summed E-state index contributed by atoms with van der Waals surface area (Å²) in [5.74, 6) is 0.330. The Morgan fingerprint density at radius 2 is 2.14 bits per heavy atom. The Balaban J connectivity index is 1.54. The molecule has 0 saturated heterocycles. The van der Waals surface area contributed by atoms with Gasteiger partial charge in [0.1, 0.15) is 11.6 Å². The normalized spacial score (nSPS) is 14.1. The predicted octanol–water partition coefficient (Wildman–Crippen LogP) is 3.09. The molecule has 1 heterocycles. The number of ether oxygens (including phenoxy) is 1. The first kappa shape index (κ1) is 14.0. The molecule has 1 aromatic carbocycles. The Bertz CT molecular complexity index is 585. The highest BCUT2D eigenvalue weighted by Crippen LogP contribution is 2.21. The third-order valence-corrected chi connectivity index (χ3v) is 3.46. The van der Waals surface area contributed by atoms with Crippen LogP contribution < -0.4 is 10.1 Å². The summed E-state index contributed by atoms with van der Waals surface area (Å²) in [5, 5.41) is 3.38. The summed E-state index contributed by atoms with van der Waals surface area (Å²) in [4.78, 5) is 4.24. The van der Waals surface area contributed by atoms with Crippen LogP contribution >= 0.6 is 0 Å². The van der Waals surface area contributed by atoms with Crippen molar-refractivity contribution in [2.75, 3.05) is 6.61 Å². The van der Waals surface area contributed by atoms with E-state index in [0.29, 0.717) is 31.4 Å². The Morgan fingerprint density at radius 1 is 1.24 bits per heavy atom. The monoisotopic (exact) mass is 286 g/mol. The number of hydrogen-bond donors (Lipinski definition) is 1. The van der Waals surface area contributed by atoms with Gasteiger partial charge in [0.2, 0.25) is 0 Å². The van der Waals surface area contributed by atoms with Gasteiger partial charge in [-0.1, -0.05) is 6.07 Å². The van der Waals surface area contributed by atoms with Crippen molar-refractivity contribution in [1.82, 2.24) is 10.3 Å². The van der Waals surface area contributed by atoms with Gasteiger partial charge in [-0.3, -0.25) is 4.98 Å². The lowest BCUT2D eigenvalue weighted by Crippen LogP contribution is -2.15. The third-order valence-electron chi connectivity index (χ3n) is 3.46. The molecule has 1 fully saturated rings. The molecule has 0 atom stereocenters. The van der Waals surface area contributed by atoms with Crippen molar-refractivity contribution in [1.29, 1.82) is 0 Å². The van der Waals surface area contributed by atoms with E-state index < -0.39 is 0 Å². The first-order valence-electron chi connectivity index (χ1n) is 7.35. The molecule has 0 spiro atoms. The summed E-state index contributed by atoms with van der Waals surface area (Å²) in [6, 6.07) is 11.3. The lowest BCUT2D eigenvalue weighted by atomic mass is 10.2. The summed E-state index contributed by atoms with van der Waals surface area (Å²) in [7, 11) is 0. The Kier molecular flexibility index (Phi) is 4.46. The summed E-state index contributed by atoms with van der Waals surface area (Å²) >= 11 is 0. The number of halogens is 1. The van der Waals surface area contributed by atoms with E-state index in [2.05, 4.69) is 10.3 Å². The minimum Gasteiger partial charge on any atom is -0.493 e. The third kappa shape index (κ3) is 4.53. The zero-order chi connectivity index (χ0) is 14.5. The van der Waals surface area contributed by atoms with Crippen molar-refractivity contribution in [3.8, 4) is 5.75 Å². The lowest BCUT2D eigenvalue weighted by Gasteiger charge is -2.09. The molecule has 1 N–H and O–H groups in total. The average Bonchev–Trinajstić information content (AvgIpc) is 3.30. The molecule has 0 radical (unpaired) electrons. The quantitative estimate of drug-likeness (QED) is 0.849. The Hall–Kier alpha value is -1.94. The maximum absolute atomic E-state index is 13.6. The molecule has 4 heteroatoms. The first-order chi connectivity index (χ1) is 10.3. The van der Waals surface area contributed by atoms with Gasteiger partial charge in [-0.05, 0) is 42.7 Å². The van der Waals surface area contributed by atoms with Crippen molar-refractivity contribution in [2.24, 2.45) is 0 Å². The number of pyridine rings is 1. The topological polar surface area (TPSA) is 34.1 Å². The van der Waals surface area contributed by atoms with E-state index in [1.165, 1.54) is 18.9 Å². The van der Waals surface area contributed by atoms with Crippen LogP contribution in [-0.4, -0.2) is 17.6 Å².